The minimum atomic E-state index is -0.436. The molecular weight excluding hydrogens is 304 g/mol. The summed E-state index contributed by atoms with van der Waals surface area (Å²) in [4.78, 5) is 30.4. The smallest absolute Gasteiger partial charge is 0.237 e. The van der Waals surface area contributed by atoms with Crippen LogP contribution in [-0.2, 0) is 9.59 Å². The van der Waals surface area contributed by atoms with Crippen LogP contribution in [0, 0.1) is 6.42 Å². The van der Waals surface area contributed by atoms with Crippen molar-refractivity contribution in [2.75, 3.05) is 33.2 Å². The second-order valence-corrected chi connectivity index (χ2v) is 7.74. The SMILES string of the molecule is CC(=O)N(C)[C@@H]1CCCN(CCN2[C@@H]3C[CH]C[C@@]2(C(N)=O)CC3)C1. The lowest BCUT2D eigenvalue weighted by molar-refractivity contribution is -0.132. The average Bonchev–Trinajstić information content (AvgIpc) is 2.77. The van der Waals surface area contributed by atoms with Crippen LogP contribution in [0.2, 0.25) is 0 Å². The molecule has 6 nitrogen and oxygen atoms in total. The molecule has 3 rings (SSSR count). The van der Waals surface area contributed by atoms with Gasteiger partial charge in [0.1, 0.15) is 5.54 Å². The number of hydrogen-bond donors (Lipinski definition) is 1. The number of nitrogens with two attached hydrogens (primary N) is 1. The van der Waals surface area contributed by atoms with E-state index in [0.29, 0.717) is 12.1 Å². The monoisotopic (exact) mass is 335 g/mol. The topological polar surface area (TPSA) is 69.9 Å². The van der Waals surface area contributed by atoms with Crippen LogP contribution in [0.15, 0.2) is 0 Å². The Bertz CT molecular complexity index is 493. The van der Waals surface area contributed by atoms with Crippen LogP contribution < -0.4 is 5.73 Å². The number of piperidine rings is 2. The molecule has 3 fully saturated rings. The lowest BCUT2D eigenvalue weighted by Gasteiger charge is -2.44. The Morgan fingerprint density at radius 3 is 2.83 bits per heavy atom. The summed E-state index contributed by atoms with van der Waals surface area (Å²) in [5.41, 5.74) is 5.34. The van der Waals surface area contributed by atoms with E-state index < -0.39 is 5.54 Å². The lowest BCUT2D eigenvalue weighted by atomic mass is 9.87. The molecule has 24 heavy (non-hydrogen) atoms. The second kappa shape index (κ2) is 7.00. The fraction of sp³-hybridized carbons (Fsp3) is 0.833. The lowest BCUT2D eigenvalue weighted by Crippen LogP contribution is -2.60. The number of carbonyl (C=O) groups is 2. The number of amides is 2. The maximum atomic E-state index is 12.1. The average molecular weight is 335 g/mol. The first kappa shape index (κ1) is 17.7. The van der Waals surface area contributed by atoms with Crippen LogP contribution >= 0.6 is 0 Å². The zero-order valence-electron chi connectivity index (χ0n) is 15.0. The zero-order chi connectivity index (χ0) is 17.3. The summed E-state index contributed by atoms with van der Waals surface area (Å²) in [6, 6.07) is 0.791. The van der Waals surface area contributed by atoms with Crippen LogP contribution in [0.4, 0.5) is 0 Å². The van der Waals surface area contributed by atoms with Gasteiger partial charge in [-0.3, -0.25) is 14.5 Å². The van der Waals surface area contributed by atoms with Gasteiger partial charge in [0.15, 0.2) is 0 Å². The minimum absolute atomic E-state index is 0.138. The van der Waals surface area contributed by atoms with Gasteiger partial charge in [-0.15, -0.1) is 0 Å². The quantitative estimate of drug-likeness (QED) is 0.799. The van der Waals surface area contributed by atoms with E-state index in [1.165, 1.54) is 0 Å². The van der Waals surface area contributed by atoms with E-state index in [1.807, 2.05) is 11.9 Å². The van der Waals surface area contributed by atoms with Gasteiger partial charge in [-0.25, -0.2) is 0 Å². The summed E-state index contributed by atoms with van der Waals surface area (Å²) >= 11 is 0. The Labute approximate surface area is 145 Å². The third-order valence-electron chi connectivity index (χ3n) is 6.44. The van der Waals surface area contributed by atoms with Crippen molar-refractivity contribution in [3.63, 3.8) is 0 Å². The van der Waals surface area contributed by atoms with Crippen LogP contribution in [0.25, 0.3) is 0 Å². The molecule has 0 spiro atoms. The highest BCUT2D eigenvalue weighted by Gasteiger charge is 2.52. The van der Waals surface area contributed by atoms with Crippen molar-refractivity contribution >= 4 is 11.8 Å². The normalized spacial score (nSPS) is 34.2. The maximum absolute atomic E-state index is 12.1. The van der Waals surface area contributed by atoms with Crippen LogP contribution in [0.3, 0.4) is 0 Å². The number of likely N-dealkylation sites (N-methyl/N-ethyl adjacent to an activating group) is 1. The number of nitrogens with zero attached hydrogens (tertiary/aromatic N) is 3. The minimum Gasteiger partial charge on any atom is -0.368 e. The van der Waals surface area contributed by atoms with Crippen molar-refractivity contribution < 1.29 is 9.59 Å². The van der Waals surface area contributed by atoms with Crippen molar-refractivity contribution in [1.29, 1.82) is 0 Å². The van der Waals surface area contributed by atoms with Gasteiger partial charge < -0.3 is 15.5 Å². The van der Waals surface area contributed by atoms with Crippen LogP contribution in [-0.4, -0.2) is 77.4 Å². The van der Waals surface area contributed by atoms with Crippen molar-refractivity contribution in [3.05, 3.63) is 6.42 Å². The fourth-order valence-electron chi connectivity index (χ4n) is 4.85. The summed E-state index contributed by atoms with van der Waals surface area (Å²) < 4.78 is 0. The van der Waals surface area contributed by atoms with Crippen molar-refractivity contribution in [1.82, 2.24) is 14.7 Å². The molecule has 0 saturated carbocycles. The second-order valence-electron chi connectivity index (χ2n) is 7.74. The fourth-order valence-corrected chi connectivity index (χ4v) is 4.85. The number of rotatable bonds is 5. The van der Waals surface area contributed by atoms with Gasteiger partial charge in [-0.1, -0.05) is 0 Å². The molecule has 2 bridgehead atoms. The predicted molar refractivity (Wildman–Crippen MR) is 93.1 cm³/mol. The molecule has 0 unspecified atom stereocenters. The molecule has 0 aromatic carbocycles. The molecule has 0 aromatic rings. The van der Waals surface area contributed by atoms with Gasteiger partial charge in [0.2, 0.25) is 11.8 Å². The first-order valence-corrected chi connectivity index (χ1v) is 9.28. The molecule has 0 aromatic heterocycles. The zero-order valence-corrected chi connectivity index (χ0v) is 15.0. The summed E-state index contributed by atoms with van der Waals surface area (Å²) in [7, 11) is 1.90. The molecule has 135 valence electrons. The van der Waals surface area contributed by atoms with Crippen LogP contribution in [0.5, 0.6) is 0 Å². The summed E-state index contributed by atoms with van der Waals surface area (Å²) in [6.07, 6.45) is 8.31. The Morgan fingerprint density at radius 2 is 2.12 bits per heavy atom. The molecule has 2 N–H and O–H groups in total. The number of hydrogen-bond acceptors (Lipinski definition) is 4. The first-order chi connectivity index (χ1) is 11.4. The third kappa shape index (κ3) is 3.18. The molecule has 3 saturated heterocycles. The summed E-state index contributed by atoms with van der Waals surface area (Å²) in [6.45, 7) is 5.50. The highest BCUT2D eigenvalue weighted by atomic mass is 16.2. The van der Waals surface area contributed by atoms with E-state index in [9.17, 15) is 9.59 Å². The molecule has 3 aliphatic heterocycles. The van der Waals surface area contributed by atoms with Gasteiger partial charge in [-0.05, 0) is 51.5 Å². The Hall–Kier alpha value is -1.14. The van der Waals surface area contributed by atoms with Gasteiger partial charge >= 0.3 is 0 Å². The Balaban J connectivity index is 1.59. The van der Waals surface area contributed by atoms with Crippen molar-refractivity contribution in [3.8, 4) is 0 Å². The van der Waals surface area contributed by atoms with E-state index in [2.05, 4.69) is 16.2 Å². The Morgan fingerprint density at radius 1 is 1.33 bits per heavy atom. The van der Waals surface area contributed by atoms with Gasteiger partial charge in [-0.2, -0.15) is 0 Å². The number of carbonyl (C=O) groups excluding carboxylic acids is 2. The third-order valence-corrected chi connectivity index (χ3v) is 6.44. The van der Waals surface area contributed by atoms with Gasteiger partial charge in [0.05, 0.1) is 0 Å². The van der Waals surface area contributed by atoms with Gasteiger partial charge in [0.25, 0.3) is 0 Å². The summed E-state index contributed by atoms with van der Waals surface area (Å²) in [5.74, 6) is -0.0204. The van der Waals surface area contributed by atoms with E-state index >= 15 is 0 Å². The number of likely N-dealkylation sites (tertiary alicyclic amines) is 1. The van der Waals surface area contributed by atoms with E-state index in [0.717, 1.165) is 64.7 Å². The highest BCUT2D eigenvalue weighted by Crippen LogP contribution is 2.43. The molecular formula is C18H31N4O2. The largest absolute Gasteiger partial charge is 0.368 e. The predicted octanol–water partition coefficient (Wildman–Crippen LogP) is 0.616. The standard InChI is InChI=1S/C18H31N4O2/c1-14(23)20(2)16-6-4-10-21(13-16)11-12-22-15-5-3-8-18(22,9-7-15)17(19)24/h3,15-16H,4-13H2,1-2H3,(H2,19,24)/t15-,16-,18+/m1/s1. The van der Waals surface area contributed by atoms with E-state index in [-0.39, 0.29) is 11.8 Å². The molecule has 3 heterocycles. The number of primary amides is 1. The van der Waals surface area contributed by atoms with Crippen molar-refractivity contribution in [2.24, 2.45) is 5.73 Å². The van der Waals surface area contributed by atoms with Crippen LogP contribution in [0.1, 0.15) is 45.4 Å². The molecule has 3 atom stereocenters. The molecule has 0 aliphatic carbocycles. The molecule has 2 amide bonds. The maximum Gasteiger partial charge on any atom is 0.237 e. The molecule has 6 heteroatoms. The molecule has 1 radical (unpaired) electrons. The van der Waals surface area contributed by atoms with Gasteiger partial charge in [0, 0.05) is 45.7 Å². The summed E-state index contributed by atoms with van der Waals surface area (Å²) in [5, 5.41) is 0. The first-order valence-electron chi connectivity index (χ1n) is 9.28. The van der Waals surface area contributed by atoms with Crippen molar-refractivity contribution in [2.45, 2.75) is 63.1 Å². The number of fused-ring (bicyclic) bond motifs is 2. The van der Waals surface area contributed by atoms with E-state index in [4.69, 9.17) is 5.73 Å². The molecule has 3 aliphatic rings. The Kier molecular flexibility index (Phi) is 5.16. The van der Waals surface area contributed by atoms with E-state index in [1.54, 1.807) is 6.92 Å². The highest BCUT2D eigenvalue weighted by molar-refractivity contribution is 5.85.